The molecule has 24 heavy (non-hydrogen) atoms. The van der Waals surface area contributed by atoms with Crippen LogP contribution in [-0.4, -0.2) is 24.3 Å². The highest BCUT2D eigenvalue weighted by Gasteiger charge is 2.40. The summed E-state index contributed by atoms with van der Waals surface area (Å²) in [5.41, 5.74) is -0.295. The molecular weight excluding hydrogens is 414 g/mol. The van der Waals surface area contributed by atoms with Gasteiger partial charge in [0.2, 0.25) is 0 Å². The Hall–Kier alpha value is -0.890. The maximum absolute atomic E-state index is 13.1. The molecular formula is C14H18BrF3NO4P. The molecule has 136 valence electrons. The lowest BCUT2D eigenvalue weighted by atomic mass is 10.3. The second kappa shape index (κ2) is 7.99. The Morgan fingerprint density at radius 3 is 2.08 bits per heavy atom. The largest absolute Gasteiger partial charge is 0.471 e. The zero-order chi connectivity index (χ0) is 18.7. The Kier molecular flexibility index (Phi) is 7.04. The van der Waals surface area contributed by atoms with Crippen LogP contribution < -0.4 is 10.6 Å². The van der Waals surface area contributed by atoms with Crippen LogP contribution in [0.1, 0.15) is 27.7 Å². The number of alkyl halides is 3. The Labute approximate surface area is 146 Å². The fourth-order valence-corrected chi connectivity index (χ4v) is 4.15. The van der Waals surface area contributed by atoms with Gasteiger partial charge in [-0.15, -0.1) is 0 Å². The van der Waals surface area contributed by atoms with Crippen molar-refractivity contribution in [3.05, 3.63) is 22.7 Å². The molecule has 0 heterocycles. The maximum Gasteiger partial charge on any atom is 0.471 e. The van der Waals surface area contributed by atoms with E-state index in [0.29, 0.717) is 4.47 Å². The number of rotatable bonds is 6. The van der Waals surface area contributed by atoms with Gasteiger partial charge < -0.3 is 14.4 Å². The van der Waals surface area contributed by atoms with Gasteiger partial charge >= 0.3 is 19.7 Å². The van der Waals surface area contributed by atoms with E-state index in [9.17, 15) is 22.5 Å². The molecule has 1 rings (SSSR count). The van der Waals surface area contributed by atoms with Crippen LogP contribution in [0.25, 0.3) is 0 Å². The summed E-state index contributed by atoms with van der Waals surface area (Å²) in [5, 5.41) is 1.57. The van der Waals surface area contributed by atoms with Crippen molar-refractivity contribution in [3.8, 4) is 0 Å². The Morgan fingerprint density at radius 2 is 1.67 bits per heavy atom. The van der Waals surface area contributed by atoms with Crippen molar-refractivity contribution in [2.24, 2.45) is 0 Å². The summed E-state index contributed by atoms with van der Waals surface area (Å²) in [4.78, 5) is 11.2. The average molecular weight is 432 g/mol. The van der Waals surface area contributed by atoms with E-state index in [4.69, 9.17) is 9.05 Å². The summed E-state index contributed by atoms with van der Waals surface area (Å²) >= 11 is 3.10. The highest BCUT2D eigenvalue weighted by atomic mass is 79.9. The van der Waals surface area contributed by atoms with E-state index in [1.165, 1.54) is 18.2 Å². The van der Waals surface area contributed by atoms with Crippen molar-refractivity contribution in [1.29, 1.82) is 0 Å². The van der Waals surface area contributed by atoms with Crippen LogP contribution in [0.15, 0.2) is 22.7 Å². The van der Waals surface area contributed by atoms with Crippen molar-refractivity contribution in [2.45, 2.75) is 46.1 Å². The van der Waals surface area contributed by atoms with Gasteiger partial charge in [0.05, 0.1) is 23.2 Å². The van der Waals surface area contributed by atoms with Crippen LogP contribution in [0.5, 0.6) is 0 Å². The molecule has 0 aliphatic carbocycles. The Bertz CT molecular complexity index is 635. The minimum atomic E-state index is -5.08. The van der Waals surface area contributed by atoms with Crippen molar-refractivity contribution >= 4 is 40.4 Å². The number of carbonyl (C=O) groups excluding carboxylic acids is 1. The molecule has 0 unspecified atom stereocenters. The van der Waals surface area contributed by atoms with Crippen LogP contribution in [0.3, 0.4) is 0 Å². The second-order valence-corrected chi connectivity index (χ2v) is 8.23. The van der Waals surface area contributed by atoms with Crippen molar-refractivity contribution in [1.82, 2.24) is 0 Å². The zero-order valence-corrected chi connectivity index (χ0v) is 16.0. The van der Waals surface area contributed by atoms with E-state index in [1.807, 2.05) is 0 Å². The van der Waals surface area contributed by atoms with Gasteiger partial charge in [-0.05, 0) is 45.9 Å². The minimum Gasteiger partial charge on any atom is -0.317 e. The first-order valence-corrected chi connectivity index (χ1v) is 9.34. The fourth-order valence-electron chi connectivity index (χ4n) is 1.73. The van der Waals surface area contributed by atoms with Gasteiger partial charge in [0, 0.05) is 4.47 Å². The topological polar surface area (TPSA) is 64.6 Å². The predicted molar refractivity (Wildman–Crippen MR) is 88.5 cm³/mol. The third-order valence-electron chi connectivity index (χ3n) is 2.46. The van der Waals surface area contributed by atoms with Crippen LogP contribution in [-0.2, 0) is 18.4 Å². The lowest BCUT2D eigenvalue weighted by molar-refractivity contribution is -0.167. The first-order chi connectivity index (χ1) is 10.8. The molecule has 1 aromatic carbocycles. The summed E-state index contributed by atoms with van der Waals surface area (Å²) in [6.45, 7) is 6.46. The number of benzene rings is 1. The smallest absolute Gasteiger partial charge is 0.317 e. The molecule has 1 aromatic rings. The van der Waals surface area contributed by atoms with Gasteiger partial charge in [-0.1, -0.05) is 15.9 Å². The molecule has 10 heteroatoms. The van der Waals surface area contributed by atoms with Gasteiger partial charge in [0.25, 0.3) is 0 Å². The van der Waals surface area contributed by atoms with Crippen LogP contribution in [0.4, 0.5) is 18.9 Å². The standard InChI is InChI=1S/C14H18BrF3NO4P/c1-8(2)22-24(21,23-9(3)4)12-6-5-10(15)7-11(12)19-13(20)14(16,17)18/h5-9H,1-4H3,(H,19,20). The van der Waals surface area contributed by atoms with E-state index in [2.05, 4.69) is 15.9 Å². The molecule has 0 spiro atoms. The number of hydrogen-bond acceptors (Lipinski definition) is 4. The number of amides is 1. The van der Waals surface area contributed by atoms with Gasteiger partial charge in [0.1, 0.15) is 0 Å². The lowest BCUT2D eigenvalue weighted by Gasteiger charge is -2.25. The molecule has 0 saturated carbocycles. The van der Waals surface area contributed by atoms with Crippen molar-refractivity contribution in [2.75, 3.05) is 5.32 Å². The first-order valence-electron chi connectivity index (χ1n) is 7.00. The average Bonchev–Trinajstić information content (AvgIpc) is 2.34. The third-order valence-corrected chi connectivity index (χ3v) is 5.33. The monoisotopic (exact) mass is 431 g/mol. The molecule has 0 aromatic heterocycles. The number of halogens is 4. The summed E-state index contributed by atoms with van der Waals surface area (Å²) in [6, 6.07) is 3.97. The zero-order valence-electron chi connectivity index (χ0n) is 13.5. The molecule has 0 radical (unpaired) electrons. The maximum atomic E-state index is 13.1. The predicted octanol–water partition coefficient (Wildman–Crippen LogP) is 4.62. The van der Waals surface area contributed by atoms with Gasteiger partial charge in [-0.25, -0.2) is 0 Å². The van der Waals surface area contributed by atoms with E-state index in [1.54, 1.807) is 33.0 Å². The minimum absolute atomic E-state index is 0.148. The third kappa shape index (κ3) is 5.88. The molecule has 0 bridgehead atoms. The lowest BCUT2D eigenvalue weighted by Crippen LogP contribution is -2.32. The quantitative estimate of drug-likeness (QED) is 0.667. The second-order valence-electron chi connectivity index (χ2n) is 5.42. The molecule has 0 fully saturated rings. The van der Waals surface area contributed by atoms with Crippen LogP contribution >= 0.6 is 23.5 Å². The van der Waals surface area contributed by atoms with Crippen molar-refractivity contribution < 1.29 is 31.6 Å². The number of anilines is 1. The fraction of sp³-hybridized carbons (Fsp3) is 0.500. The van der Waals surface area contributed by atoms with E-state index < -0.39 is 31.9 Å². The summed E-state index contributed by atoms with van der Waals surface area (Å²) in [7, 11) is -3.95. The van der Waals surface area contributed by atoms with Crippen LogP contribution in [0.2, 0.25) is 0 Å². The summed E-state index contributed by atoms with van der Waals surface area (Å²) in [5.74, 6) is -2.18. The Morgan fingerprint density at radius 1 is 1.17 bits per heavy atom. The van der Waals surface area contributed by atoms with Gasteiger partial charge in [0.15, 0.2) is 0 Å². The molecule has 1 amide bonds. The molecule has 1 N–H and O–H groups in total. The van der Waals surface area contributed by atoms with E-state index >= 15 is 0 Å². The SMILES string of the molecule is CC(C)OP(=O)(OC(C)C)c1ccc(Br)cc1NC(=O)C(F)(F)F. The number of hydrogen-bond donors (Lipinski definition) is 1. The number of nitrogens with one attached hydrogen (secondary N) is 1. The molecule has 0 aliphatic rings. The summed E-state index contributed by atoms with van der Waals surface area (Å²) < 4.78 is 61.8. The normalized spacial score (nSPS) is 12.8. The first kappa shape index (κ1) is 21.2. The molecule has 0 saturated heterocycles. The highest BCUT2D eigenvalue weighted by Crippen LogP contribution is 2.51. The molecule has 0 aliphatic heterocycles. The van der Waals surface area contributed by atoms with Gasteiger partial charge in [-0.3, -0.25) is 9.36 Å². The van der Waals surface area contributed by atoms with Gasteiger partial charge in [-0.2, -0.15) is 13.2 Å². The van der Waals surface area contributed by atoms with Crippen LogP contribution in [0, 0.1) is 0 Å². The number of carbonyl (C=O) groups is 1. The molecule has 0 atom stereocenters. The molecule has 5 nitrogen and oxygen atoms in total. The van der Waals surface area contributed by atoms with E-state index in [0.717, 1.165) is 0 Å². The van der Waals surface area contributed by atoms with Crippen molar-refractivity contribution in [3.63, 3.8) is 0 Å². The van der Waals surface area contributed by atoms with E-state index in [-0.39, 0.29) is 11.0 Å². The summed E-state index contributed by atoms with van der Waals surface area (Å²) in [6.07, 6.45) is -6.10. The Balaban J connectivity index is 3.39. The highest BCUT2D eigenvalue weighted by molar-refractivity contribution is 9.10.